The number of pyridine rings is 1. The molecule has 34 heavy (non-hydrogen) atoms. The fourth-order valence-electron chi connectivity index (χ4n) is 4.32. The van der Waals surface area contributed by atoms with Crippen molar-refractivity contribution in [3.05, 3.63) is 64.5 Å². The minimum atomic E-state index is -0.488. The zero-order chi connectivity index (χ0) is 23.9. The molecule has 1 amide bonds. The van der Waals surface area contributed by atoms with Crippen molar-refractivity contribution >= 4 is 23.4 Å². The second-order valence-electron chi connectivity index (χ2n) is 9.78. The van der Waals surface area contributed by atoms with Gasteiger partial charge in [0.2, 0.25) is 0 Å². The van der Waals surface area contributed by atoms with Gasteiger partial charge in [-0.05, 0) is 61.1 Å². The van der Waals surface area contributed by atoms with Crippen LogP contribution in [0.1, 0.15) is 48.6 Å². The number of rotatable bonds is 4. The van der Waals surface area contributed by atoms with E-state index in [0.29, 0.717) is 37.7 Å². The molecule has 0 spiro atoms. The summed E-state index contributed by atoms with van der Waals surface area (Å²) in [6, 6.07) is 8.32. The molecule has 2 aliphatic heterocycles. The third-order valence-electron chi connectivity index (χ3n) is 5.85. The maximum absolute atomic E-state index is 12.4. The van der Waals surface area contributed by atoms with Crippen LogP contribution in [0.4, 0.5) is 22.1 Å². The second kappa shape index (κ2) is 8.53. The van der Waals surface area contributed by atoms with Gasteiger partial charge in [-0.1, -0.05) is 18.2 Å². The lowest BCUT2D eigenvalue weighted by atomic mass is 9.97. The molecule has 0 fully saturated rings. The van der Waals surface area contributed by atoms with Crippen molar-refractivity contribution in [2.75, 3.05) is 23.1 Å². The number of hydrazine groups is 2. The van der Waals surface area contributed by atoms with Crippen molar-refractivity contribution in [3.8, 4) is 0 Å². The van der Waals surface area contributed by atoms with Crippen molar-refractivity contribution in [2.24, 2.45) is 0 Å². The molecule has 178 valence electrons. The van der Waals surface area contributed by atoms with Gasteiger partial charge in [0.15, 0.2) is 5.82 Å². The molecule has 1 aromatic carbocycles. The summed E-state index contributed by atoms with van der Waals surface area (Å²) in [5.41, 5.74) is 21.0. The third kappa shape index (κ3) is 4.76. The Morgan fingerprint density at radius 3 is 2.85 bits per heavy atom. The highest BCUT2D eigenvalue weighted by molar-refractivity contribution is 5.74. The second-order valence-corrected chi connectivity index (χ2v) is 9.78. The predicted molar refractivity (Wildman–Crippen MR) is 130 cm³/mol. The molecule has 5 N–H and O–H groups in total. The van der Waals surface area contributed by atoms with E-state index >= 15 is 0 Å². The number of nitrogens with two attached hydrogens (primary N) is 1. The number of nitrogen functional groups attached to an aromatic ring is 1. The Morgan fingerprint density at radius 2 is 2.03 bits per heavy atom. The molecule has 2 aliphatic rings. The molecule has 0 atom stereocenters. The summed E-state index contributed by atoms with van der Waals surface area (Å²) in [4.78, 5) is 18.5. The molecular formula is C24H30N8O2. The largest absolute Gasteiger partial charge is 0.444 e. The molecule has 2 aromatic heterocycles. The highest BCUT2D eigenvalue weighted by Crippen LogP contribution is 2.30. The van der Waals surface area contributed by atoms with Crippen molar-refractivity contribution in [2.45, 2.75) is 52.3 Å². The number of fused-ring (bicyclic) bond motifs is 2. The van der Waals surface area contributed by atoms with E-state index in [4.69, 9.17) is 10.5 Å². The number of ether oxygens (including phenoxy) is 1. The first-order chi connectivity index (χ1) is 16.2. The SMILES string of the molecule is CC(C)(C)OC(=O)N1CCc2cc(Cn3cc(Cc4cc(N)nc5c4NNN5)cn3)ccc2C1. The zero-order valence-corrected chi connectivity index (χ0v) is 19.7. The number of carbonyl (C=O) groups excluding carboxylic acids is 1. The number of anilines is 3. The first-order valence-corrected chi connectivity index (χ1v) is 11.4. The molecule has 0 saturated carbocycles. The van der Waals surface area contributed by atoms with Gasteiger partial charge < -0.3 is 20.8 Å². The third-order valence-corrected chi connectivity index (χ3v) is 5.85. The zero-order valence-electron chi connectivity index (χ0n) is 19.7. The summed E-state index contributed by atoms with van der Waals surface area (Å²) >= 11 is 0. The van der Waals surface area contributed by atoms with Crippen LogP contribution in [-0.2, 0) is 30.7 Å². The van der Waals surface area contributed by atoms with Gasteiger partial charge in [-0.3, -0.25) is 10.1 Å². The fourth-order valence-corrected chi connectivity index (χ4v) is 4.32. The number of benzene rings is 1. The normalized spacial score (nSPS) is 14.7. The summed E-state index contributed by atoms with van der Waals surface area (Å²) in [5, 5.41) is 4.55. The first kappa shape index (κ1) is 22.0. The summed E-state index contributed by atoms with van der Waals surface area (Å²) in [7, 11) is 0. The monoisotopic (exact) mass is 462 g/mol. The topological polar surface area (TPSA) is 122 Å². The van der Waals surface area contributed by atoms with E-state index in [2.05, 4.69) is 50.9 Å². The Kier molecular flexibility index (Phi) is 5.52. The van der Waals surface area contributed by atoms with Gasteiger partial charge in [0.25, 0.3) is 0 Å². The molecule has 0 saturated heterocycles. The molecule has 0 aliphatic carbocycles. The van der Waals surface area contributed by atoms with Crippen LogP contribution >= 0.6 is 0 Å². The van der Waals surface area contributed by atoms with Crippen LogP contribution in [-0.4, -0.2) is 37.9 Å². The van der Waals surface area contributed by atoms with Crippen LogP contribution in [0.2, 0.25) is 0 Å². The molecule has 10 nitrogen and oxygen atoms in total. The Bertz CT molecular complexity index is 1230. The van der Waals surface area contributed by atoms with Crippen molar-refractivity contribution in [3.63, 3.8) is 0 Å². The molecule has 10 heteroatoms. The van der Waals surface area contributed by atoms with Crippen LogP contribution in [0, 0.1) is 0 Å². The van der Waals surface area contributed by atoms with Crippen LogP contribution in [0.3, 0.4) is 0 Å². The number of hydrogen-bond donors (Lipinski definition) is 4. The minimum absolute atomic E-state index is 0.255. The number of hydrogen-bond acceptors (Lipinski definition) is 8. The van der Waals surface area contributed by atoms with E-state index in [0.717, 1.165) is 23.2 Å². The summed E-state index contributed by atoms with van der Waals surface area (Å²) in [6.45, 7) is 7.59. The van der Waals surface area contributed by atoms with Gasteiger partial charge in [0, 0.05) is 25.7 Å². The first-order valence-electron chi connectivity index (χ1n) is 11.4. The quantitative estimate of drug-likeness (QED) is 0.467. The van der Waals surface area contributed by atoms with E-state index in [1.54, 1.807) is 4.90 Å². The Labute approximate surface area is 198 Å². The van der Waals surface area contributed by atoms with Crippen molar-refractivity contribution in [1.82, 2.24) is 25.2 Å². The maximum atomic E-state index is 12.4. The lowest BCUT2D eigenvalue weighted by Crippen LogP contribution is -2.39. The average Bonchev–Trinajstić information content (AvgIpc) is 3.41. The van der Waals surface area contributed by atoms with Crippen LogP contribution in [0.25, 0.3) is 0 Å². The van der Waals surface area contributed by atoms with Crippen molar-refractivity contribution < 1.29 is 9.53 Å². The molecular weight excluding hydrogens is 432 g/mol. The Hall–Kier alpha value is -3.79. The number of carbonyl (C=O) groups is 1. The molecule has 5 rings (SSSR count). The maximum Gasteiger partial charge on any atom is 0.410 e. The van der Waals surface area contributed by atoms with E-state index in [9.17, 15) is 4.79 Å². The molecule has 0 bridgehead atoms. The molecule has 4 heterocycles. The summed E-state index contributed by atoms with van der Waals surface area (Å²) in [5.74, 6) is 1.17. The van der Waals surface area contributed by atoms with Crippen LogP contribution < -0.4 is 22.1 Å². The minimum Gasteiger partial charge on any atom is -0.444 e. The number of nitrogens with zero attached hydrogens (tertiary/aromatic N) is 4. The molecule has 0 unspecified atom stereocenters. The number of amides is 1. The smallest absolute Gasteiger partial charge is 0.410 e. The van der Waals surface area contributed by atoms with E-state index in [1.807, 2.05) is 37.7 Å². The van der Waals surface area contributed by atoms with E-state index < -0.39 is 5.60 Å². The Morgan fingerprint density at radius 1 is 1.18 bits per heavy atom. The highest BCUT2D eigenvalue weighted by Gasteiger charge is 2.25. The van der Waals surface area contributed by atoms with Crippen LogP contribution in [0.15, 0.2) is 36.7 Å². The molecule has 0 radical (unpaired) electrons. The Balaban J connectivity index is 1.24. The van der Waals surface area contributed by atoms with Gasteiger partial charge in [0.1, 0.15) is 11.4 Å². The summed E-state index contributed by atoms with van der Waals surface area (Å²) < 4.78 is 7.47. The number of nitrogens with one attached hydrogen (secondary N) is 3. The number of aromatic nitrogens is 3. The van der Waals surface area contributed by atoms with Crippen molar-refractivity contribution in [1.29, 1.82) is 0 Å². The van der Waals surface area contributed by atoms with Gasteiger partial charge in [-0.15, -0.1) is 5.53 Å². The van der Waals surface area contributed by atoms with Crippen LogP contribution in [0.5, 0.6) is 0 Å². The summed E-state index contributed by atoms with van der Waals surface area (Å²) in [6.07, 6.45) is 5.19. The van der Waals surface area contributed by atoms with E-state index in [-0.39, 0.29) is 6.09 Å². The standard InChI is InChI=1S/C24H30N8O2/c1-24(2,3)34-23(33)31-7-6-17-8-15(4-5-18(17)14-31)12-32-13-16(11-26-32)9-19-10-20(25)27-22-21(19)28-30-29-22/h4-5,8,10-11,13,28,30H,6-7,9,12,14H2,1-3H3,(H3,25,27,29). The average molecular weight is 463 g/mol. The lowest BCUT2D eigenvalue weighted by Gasteiger charge is -2.31. The molecule has 3 aromatic rings. The van der Waals surface area contributed by atoms with Gasteiger partial charge in [-0.25, -0.2) is 9.78 Å². The van der Waals surface area contributed by atoms with Gasteiger partial charge in [-0.2, -0.15) is 5.10 Å². The van der Waals surface area contributed by atoms with Gasteiger partial charge in [0.05, 0.1) is 18.4 Å². The van der Waals surface area contributed by atoms with Gasteiger partial charge >= 0.3 is 6.09 Å². The fraction of sp³-hybridized carbons (Fsp3) is 0.375. The highest BCUT2D eigenvalue weighted by atomic mass is 16.6. The predicted octanol–water partition coefficient (Wildman–Crippen LogP) is 3.05. The lowest BCUT2D eigenvalue weighted by molar-refractivity contribution is 0.0224. The van der Waals surface area contributed by atoms with E-state index in [1.165, 1.54) is 16.7 Å².